The molecule has 4 nitrogen and oxygen atoms in total. The zero-order valence-electron chi connectivity index (χ0n) is 12.3. The molecule has 1 amide bonds. The molecule has 0 saturated heterocycles. The van der Waals surface area contributed by atoms with Gasteiger partial charge in [-0.2, -0.15) is 0 Å². The number of carbonyl (C=O) groups is 1. The van der Waals surface area contributed by atoms with Crippen molar-refractivity contribution in [3.05, 3.63) is 27.7 Å². The Morgan fingerprint density at radius 1 is 1.48 bits per heavy atom. The fourth-order valence-corrected chi connectivity index (χ4v) is 2.57. The molecule has 0 radical (unpaired) electrons. The molecule has 0 spiro atoms. The van der Waals surface area contributed by atoms with E-state index in [9.17, 15) is 4.79 Å². The van der Waals surface area contributed by atoms with Gasteiger partial charge in [-0.3, -0.25) is 4.79 Å². The Kier molecular flexibility index (Phi) is 7.49. The van der Waals surface area contributed by atoms with Crippen LogP contribution in [0.25, 0.3) is 0 Å². The Balaban J connectivity index is 2.37. The smallest absolute Gasteiger partial charge is 0.257 e. The van der Waals surface area contributed by atoms with Crippen LogP contribution in [0.4, 0.5) is 0 Å². The number of hydrogen-bond acceptors (Lipinski definition) is 3. The summed E-state index contributed by atoms with van der Waals surface area (Å²) in [4.78, 5) is 11.8. The molecule has 0 unspecified atom stereocenters. The minimum Gasteiger partial charge on any atom is -0.483 e. The quantitative estimate of drug-likeness (QED) is 0.729. The molecule has 1 rings (SSSR count). The largest absolute Gasteiger partial charge is 0.483 e. The summed E-state index contributed by atoms with van der Waals surface area (Å²) in [5, 5.41) is 12.3. The molecule has 0 saturated carbocycles. The van der Waals surface area contributed by atoms with Gasteiger partial charge >= 0.3 is 0 Å². The fourth-order valence-electron chi connectivity index (χ4n) is 1.77. The third-order valence-electron chi connectivity index (χ3n) is 3.03. The van der Waals surface area contributed by atoms with Gasteiger partial charge in [0.25, 0.3) is 5.91 Å². The molecule has 0 aromatic heterocycles. The summed E-state index contributed by atoms with van der Waals surface area (Å²) in [6.45, 7) is 4.79. The average Bonchev–Trinajstić information content (AvgIpc) is 2.42. The summed E-state index contributed by atoms with van der Waals surface area (Å²) in [5.41, 5.74) is -0.0424. The Morgan fingerprint density at radius 2 is 2.19 bits per heavy atom. The number of carbonyl (C=O) groups excluding carboxylic acids is 1. The maximum absolute atomic E-state index is 11.8. The summed E-state index contributed by atoms with van der Waals surface area (Å²) >= 11 is 9.17. The van der Waals surface area contributed by atoms with E-state index in [0.29, 0.717) is 21.8 Å². The second-order valence-electron chi connectivity index (χ2n) is 5.63. The lowest BCUT2D eigenvalue weighted by molar-refractivity contribution is -0.123. The summed E-state index contributed by atoms with van der Waals surface area (Å²) in [6, 6.07) is 5.13. The highest BCUT2D eigenvalue weighted by Crippen LogP contribution is 2.27. The molecule has 1 aromatic rings. The van der Waals surface area contributed by atoms with Gasteiger partial charge in [0.1, 0.15) is 5.75 Å². The predicted molar refractivity (Wildman–Crippen MR) is 87.8 cm³/mol. The van der Waals surface area contributed by atoms with Crippen LogP contribution in [0, 0.1) is 5.41 Å². The highest BCUT2D eigenvalue weighted by atomic mass is 79.9. The second kappa shape index (κ2) is 8.61. The molecule has 6 heteroatoms. The van der Waals surface area contributed by atoms with Crippen molar-refractivity contribution in [1.82, 2.24) is 5.32 Å². The van der Waals surface area contributed by atoms with Gasteiger partial charge < -0.3 is 15.2 Å². The SMILES string of the molecule is CC(C)(CCCO)CNC(=O)COc1ccc(Cl)cc1Br. The number of amides is 1. The molecule has 0 aliphatic rings. The number of aliphatic hydroxyl groups is 1. The predicted octanol–water partition coefficient (Wildman–Crippen LogP) is 3.40. The van der Waals surface area contributed by atoms with Crippen LogP contribution in [0.5, 0.6) is 5.75 Å². The molecule has 21 heavy (non-hydrogen) atoms. The lowest BCUT2D eigenvalue weighted by Crippen LogP contribution is -2.36. The van der Waals surface area contributed by atoms with Crippen LogP contribution in [0.1, 0.15) is 26.7 Å². The Morgan fingerprint density at radius 3 is 2.81 bits per heavy atom. The zero-order valence-corrected chi connectivity index (χ0v) is 14.6. The van der Waals surface area contributed by atoms with E-state index in [1.807, 2.05) is 0 Å². The summed E-state index contributed by atoms with van der Waals surface area (Å²) in [5.74, 6) is 0.406. The number of hydrogen-bond donors (Lipinski definition) is 2. The molecule has 0 bridgehead atoms. The first-order valence-corrected chi connectivity index (χ1v) is 7.96. The van der Waals surface area contributed by atoms with Crippen LogP contribution in [0.2, 0.25) is 5.02 Å². The molecule has 1 aromatic carbocycles. The van der Waals surface area contributed by atoms with Crippen LogP contribution < -0.4 is 10.1 Å². The van der Waals surface area contributed by atoms with Crippen molar-refractivity contribution in [3.63, 3.8) is 0 Å². The molecule has 0 aliphatic carbocycles. The fraction of sp³-hybridized carbons (Fsp3) is 0.533. The maximum Gasteiger partial charge on any atom is 0.257 e. The van der Waals surface area contributed by atoms with Gasteiger partial charge in [-0.25, -0.2) is 0 Å². The highest BCUT2D eigenvalue weighted by Gasteiger charge is 2.18. The highest BCUT2D eigenvalue weighted by molar-refractivity contribution is 9.10. The van der Waals surface area contributed by atoms with Gasteiger partial charge in [-0.1, -0.05) is 25.4 Å². The van der Waals surface area contributed by atoms with E-state index in [1.54, 1.807) is 18.2 Å². The van der Waals surface area contributed by atoms with Crippen LogP contribution in [-0.2, 0) is 4.79 Å². The summed E-state index contributed by atoms with van der Waals surface area (Å²) in [6.07, 6.45) is 1.59. The Labute approximate surface area is 139 Å². The molecular formula is C15H21BrClNO3. The van der Waals surface area contributed by atoms with Crippen molar-refractivity contribution in [2.75, 3.05) is 19.8 Å². The summed E-state index contributed by atoms with van der Waals surface area (Å²) in [7, 11) is 0. The van der Waals surface area contributed by atoms with Crippen LogP contribution >= 0.6 is 27.5 Å². The van der Waals surface area contributed by atoms with E-state index in [0.717, 1.165) is 12.8 Å². The topological polar surface area (TPSA) is 58.6 Å². The molecular weight excluding hydrogens is 358 g/mol. The van der Waals surface area contributed by atoms with Crippen molar-refractivity contribution in [2.45, 2.75) is 26.7 Å². The Bertz CT molecular complexity index is 480. The lowest BCUT2D eigenvalue weighted by atomic mass is 9.88. The van der Waals surface area contributed by atoms with Crippen molar-refractivity contribution in [2.24, 2.45) is 5.41 Å². The van der Waals surface area contributed by atoms with Crippen molar-refractivity contribution in [1.29, 1.82) is 0 Å². The van der Waals surface area contributed by atoms with Gasteiger partial charge in [0.15, 0.2) is 6.61 Å². The van der Waals surface area contributed by atoms with Gasteiger partial charge in [0, 0.05) is 18.2 Å². The number of benzene rings is 1. The van der Waals surface area contributed by atoms with E-state index >= 15 is 0 Å². The van der Waals surface area contributed by atoms with Crippen LogP contribution in [-0.4, -0.2) is 30.8 Å². The third-order valence-corrected chi connectivity index (χ3v) is 3.88. The van der Waals surface area contributed by atoms with Crippen LogP contribution in [0.15, 0.2) is 22.7 Å². The van der Waals surface area contributed by atoms with E-state index in [2.05, 4.69) is 35.1 Å². The molecule has 0 aliphatic heterocycles. The first kappa shape index (κ1) is 18.3. The second-order valence-corrected chi connectivity index (χ2v) is 6.92. The molecule has 118 valence electrons. The van der Waals surface area contributed by atoms with Gasteiger partial charge in [0.2, 0.25) is 0 Å². The van der Waals surface area contributed by atoms with E-state index < -0.39 is 0 Å². The van der Waals surface area contributed by atoms with E-state index in [1.165, 1.54) is 0 Å². The number of rotatable bonds is 8. The van der Waals surface area contributed by atoms with Gasteiger partial charge in [-0.15, -0.1) is 0 Å². The van der Waals surface area contributed by atoms with E-state index in [4.69, 9.17) is 21.4 Å². The standard InChI is InChI=1S/C15H21BrClNO3/c1-15(2,6-3-7-19)10-18-14(20)9-21-13-5-4-11(17)8-12(13)16/h4-5,8,19H,3,6-7,9-10H2,1-2H3,(H,18,20). The molecule has 2 N–H and O–H groups in total. The van der Waals surface area contributed by atoms with Gasteiger partial charge in [0.05, 0.1) is 4.47 Å². The average molecular weight is 379 g/mol. The van der Waals surface area contributed by atoms with Crippen LogP contribution in [0.3, 0.4) is 0 Å². The lowest BCUT2D eigenvalue weighted by Gasteiger charge is -2.24. The van der Waals surface area contributed by atoms with Crippen molar-refractivity contribution >= 4 is 33.4 Å². The summed E-state index contributed by atoms with van der Waals surface area (Å²) < 4.78 is 6.16. The molecule has 0 atom stereocenters. The maximum atomic E-state index is 11.8. The van der Waals surface area contributed by atoms with E-state index in [-0.39, 0.29) is 24.5 Å². The number of ether oxygens (including phenoxy) is 1. The first-order chi connectivity index (χ1) is 9.84. The first-order valence-electron chi connectivity index (χ1n) is 6.79. The van der Waals surface area contributed by atoms with Crippen molar-refractivity contribution in [3.8, 4) is 5.75 Å². The minimum absolute atomic E-state index is 0.0424. The number of aliphatic hydroxyl groups excluding tert-OH is 1. The third kappa shape index (κ3) is 7.16. The normalized spacial score (nSPS) is 11.3. The zero-order chi connectivity index (χ0) is 15.9. The van der Waals surface area contributed by atoms with Gasteiger partial charge in [-0.05, 0) is 52.4 Å². The number of halogens is 2. The Hall–Kier alpha value is -0.780. The monoisotopic (exact) mass is 377 g/mol. The number of nitrogens with one attached hydrogen (secondary N) is 1. The minimum atomic E-state index is -0.172. The molecule has 0 fully saturated rings. The van der Waals surface area contributed by atoms with Crippen molar-refractivity contribution < 1.29 is 14.6 Å². The molecule has 0 heterocycles.